The van der Waals surface area contributed by atoms with Gasteiger partial charge in [-0.25, -0.2) is 0 Å². The van der Waals surface area contributed by atoms with Crippen molar-refractivity contribution < 1.29 is 4.79 Å². The molecule has 2 N–H and O–H groups in total. The van der Waals surface area contributed by atoms with Crippen LogP contribution < -0.4 is 10.2 Å². The number of rotatable bonds is 6. The Morgan fingerprint density at radius 2 is 1.91 bits per heavy atom. The maximum atomic E-state index is 12.1. The summed E-state index contributed by atoms with van der Waals surface area (Å²) in [4.78, 5) is 14.1. The van der Waals surface area contributed by atoms with E-state index < -0.39 is 0 Å². The lowest BCUT2D eigenvalue weighted by molar-refractivity contribution is 0.0953. The summed E-state index contributed by atoms with van der Waals surface area (Å²) in [5.41, 5.74) is 5.19. The van der Waals surface area contributed by atoms with E-state index in [-0.39, 0.29) is 5.91 Å². The Balaban J connectivity index is 1.80. The van der Waals surface area contributed by atoms with Crippen LogP contribution in [-0.4, -0.2) is 36.7 Å². The molecule has 1 aromatic carbocycles. The number of benzene rings is 1. The van der Waals surface area contributed by atoms with E-state index >= 15 is 0 Å². The van der Waals surface area contributed by atoms with Gasteiger partial charge >= 0.3 is 0 Å². The van der Waals surface area contributed by atoms with Crippen molar-refractivity contribution in [3.63, 3.8) is 0 Å². The molecule has 0 atom stereocenters. The molecule has 118 valence electrons. The quantitative estimate of drug-likeness (QED) is 0.806. The largest absolute Gasteiger partial charge is 0.378 e. The highest BCUT2D eigenvalue weighted by Crippen LogP contribution is 2.13. The van der Waals surface area contributed by atoms with Crippen LogP contribution in [-0.2, 0) is 6.42 Å². The van der Waals surface area contributed by atoms with Gasteiger partial charge in [0.25, 0.3) is 5.91 Å². The van der Waals surface area contributed by atoms with Crippen LogP contribution in [0.5, 0.6) is 0 Å². The average molecular weight is 300 g/mol. The second kappa shape index (κ2) is 7.11. The van der Waals surface area contributed by atoms with Crippen molar-refractivity contribution in [1.82, 2.24) is 15.5 Å². The van der Waals surface area contributed by atoms with E-state index in [1.54, 1.807) is 0 Å². The third-order valence-corrected chi connectivity index (χ3v) is 3.82. The number of anilines is 1. The molecule has 0 radical (unpaired) electrons. The van der Waals surface area contributed by atoms with Gasteiger partial charge in [-0.15, -0.1) is 0 Å². The molecule has 1 heterocycles. The Morgan fingerprint density at radius 3 is 2.45 bits per heavy atom. The molecule has 2 rings (SSSR count). The molecule has 5 heteroatoms. The normalized spacial score (nSPS) is 10.5. The summed E-state index contributed by atoms with van der Waals surface area (Å²) >= 11 is 0. The number of carbonyl (C=O) groups is 1. The highest BCUT2D eigenvalue weighted by molar-refractivity contribution is 5.94. The fraction of sp³-hybridized carbons (Fsp3) is 0.412. The Kier molecular flexibility index (Phi) is 5.20. The van der Waals surface area contributed by atoms with Crippen LogP contribution in [0.4, 0.5) is 5.69 Å². The average Bonchev–Trinajstić information content (AvgIpc) is 2.82. The van der Waals surface area contributed by atoms with E-state index in [9.17, 15) is 4.79 Å². The first-order chi connectivity index (χ1) is 10.5. The number of nitrogens with zero attached hydrogens (tertiary/aromatic N) is 2. The lowest BCUT2D eigenvalue weighted by Gasteiger charge is -2.12. The molecule has 0 aliphatic heterocycles. The Labute approximate surface area is 131 Å². The second-order valence-electron chi connectivity index (χ2n) is 5.71. The summed E-state index contributed by atoms with van der Waals surface area (Å²) in [7, 11) is 3.96. The zero-order valence-electron chi connectivity index (χ0n) is 13.7. The maximum absolute atomic E-state index is 12.1. The third kappa shape index (κ3) is 3.87. The van der Waals surface area contributed by atoms with Gasteiger partial charge in [0.2, 0.25) is 0 Å². The van der Waals surface area contributed by atoms with Gasteiger partial charge in [-0.1, -0.05) is 0 Å². The Morgan fingerprint density at radius 1 is 1.23 bits per heavy atom. The smallest absolute Gasteiger partial charge is 0.251 e. The van der Waals surface area contributed by atoms with Crippen LogP contribution in [0, 0.1) is 13.8 Å². The van der Waals surface area contributed by atoms with Gasteiger partial charge < -0.3 is 10.2 Å². The van der Waals surface area contributed by atoms with E-state index in [1.165, 1.54) is 5.56 Å². The monoisotopic (exact) mass is 300 g/mol. The van der Waals surface area contributed by atoms with E-state index in [2.05, 4.69) is 15.5 Å². The van der Waals surface area contributed by atoms with E-state index in [1.807, 2.05) is 57.1 Å². The standard InChI is InChI=1S/C17H24N4O/c1-12-16(13(2)20-19-12)6-5-11-18-17(22)14-7-9-15(10-8-14)21(3)4/h7-10H,5-6,11H2,1-4H3,(H,18,22)(H,19,20). The van der Waals surface area contributed by atoms with Crippen molar-refractivity contribution in [1.29, 1.82) is 0 Å². The molecular weight excluding hydrogens is 276 g/mol. The Bertz CT molecular complexity index is 609. The van der Waals surface area contributed by atoms with E-state index in [0.29, 0.717) is 12.1 Å². The summed E-state index contributed by atoms with van der Waals surface area (Å²) in [5.74, 6) is -0.0223. The molecule has 2 aromatic rings. The first kappa shape index (κ1) is 16.1. The number of hydrogen-bond acceptors (Lipinski definition) is 3. The topological polar surface area (TPSA) is 61.0 Å². The fourth-order valence-corrected chi connectivity index (χ4v) is 2.42. The number of aryl methyl sites for hydroxylation is 2. The van der Waals surface area contributed by atoms with Gasteiger partial charge in [0.05, 0.1) is 5.69 Å². The van der Waals surface area contributed by atoms with Crippen molar-refractivity contribution >= 4 is 11.6 Å². The summed E-state index contributed by atoms with van der Waals surface area (Å²) in [6.07, 6.45) is 1.83. The van der Waals surface area contributed by atoms with Crippen LogP contribution in [0.1, 0.15) is 33.7 Å². The number of carbonyl (C=O) groups excluding carboxylic acids is 1. The Hall–Kier alpha value is -2.30. The predicted molar refractivity (Wildman–Crippen MR) is 89.5 cm³/mol. The number of aromatic amines is 1. The van der Waals surface area contributed by atoms with Crippen molar-refractivity contribution in [2.45, 2.75) is 26.7 Å². The van der Waals surface area contributed by atoms with Crippen molar-refractivity contribution in [3.05, 3.63) is 46.8 Å². The highest BCUT2D eigenvalue weighted by Gasteiger charge is 2.08. The molecule has 0 aliphatic rings. The lowest BCUT2D eigenvalue weighted by Crippen LogP contribution is -2.24. The molecular formula is C17H24N4O. The molecule has 0 spiro atoms. The molecule has 0 saturated heterocycles. The molecule has 0 bridgehead atoms. The number of H-pyrrole nitrogens is 1. The van der Waals surface area contributed by atoms with Gasteiger partial charge in [0.15, 0.2) is 0 Å². The fourth-order valence-electron chi connectivity index (χ4n) is 2.42. The van der Waals surface area contributed by atoms with Gasteiger partial charge in [0, 0.05) is 37.6 Å². The molecule has 1 amide bonds. The van der Waals surface area contributed by atoms with Gasteiger partial charge in [-0.05, 0) is 56.5 Å². The molecule has 0 unspecified atom stereocenters. The highest BCUT2D eigenvalue weighted by atomic mass is 16.1. The van der Waals surface area contributed by atoms with Gasteiger partial charge in [-0.3, -0.25) is 9.89 Å². The van der Waals surface area contributed by atoms with E-state index in [4.69, 9.17) is 0 Å². The van der Waals surface area contributed by atoms with Crippen LogP contribution in [0.25, 0.3) is 0 Å². The van der Waals surface area contributed by atoms with Crippen LogP contribution in [0.15, 0.2) is 24.3 Å². The zero-order chi connectivity index (χ0) is 16.1. The summed E-state index contributed by atoms with van der Waals surface area (Å²) < 4.78 is 0. The summed E-state index contributed by atoms with van der Waals surface area (Å²) in [6, 6.07) is 7.62. The minimum Gasteiger partial charge on any atom is -0.378 e. The molecule has 1 aromatic heterocycles. The zero-order valence-corrected chi connectivity index (χ0v) is 13.7. The molecule has 5 nitrogen and oxygen atoms in total. The van der Waals surface area contributed by atoms with Crippen molar-refractivity contribution in [2.24, 2.45) is 0 Å². The summed E-state index contributed by atoms with van der Waals surface area (Å²) in [5, 5.41) is 10.1. The second-order valence-corrected chi connectivity index (χ2v) is 5.71. The minimum absolute atomic E-state index is 0.0223. The van der Waals surface area contributed by atoms with Gasteiger partial charge in [-0.2, -0.15) is 5.10 Å². The third-order valence-electron chi connectivity index (χ3n) is 3.82. The number of nitrogens with one attached hydrogen (secondary N) is 2. The summed E-state index contributed by atoms with van der Waals surface area (Å²) in [6.45, 7) is 4.70. The van der Waals surface area contributed by atoms with Gasteiger partial charge in [0.1, 0.15) is 0 Å². The predicted octanol–water partition coefficient (Wildman–Crippen LogP) is 2.46. The van der Waals surface area contributed by atoms with E-state index in [0.717, 1.165) is 29.9 Å². The number of amides is 1. The van der Waals surface area contributed by atoms with Crippen LogP contribution in [0.3, 0.4) is 0 Å². The van der Waals surface area contributed by atoms with Crippen molar-refractivity contribution in [2.75, 3.05) is 25.5 Å². The number of aromatic nitrogens is 2. The van der Waals surface area contributed by atoms with Crippen LogP contribution in [0.2, 0.25) is 0 Å². The maximum Gasteiger partial charge on any atom is 0.251 e. The minimum atomic E-state index is -0.0223. The first-order valence-corrected chi connectivity index (χ1v) is 7.55. The lowest BCUT2D eigenvalue weighted by atomic mass is 10.1. The number of hydrogen-bond donors (Lipinski definition) is 2. The molecule has 22 heavy (non-hydrogen) atoms. The molecule has 0 aliphatic carbocycles. The molecule has 0 saturated carbocycles. The first-order valence-electron chi connectivity index (χ1n) is 7.55. The SMILES string of the molecule is Cc1n[nH]c(C)c1CCCNC(=O)c1ccc(N(C)C)cc1. The van der Waals surface area contributed by atoms with Crippen molar-refractivity contribution in [3.8, 4) is 0 Å². The molecule has 0 fully saturated rings. The van der Waals surface area contributed by atoms with Crippen LogP contribution >= 0.6 is 0 Å².